The van der Waals surface area contributed by atoms with E-state index in [1.807, 2.05) is 0 Å². The molecule has 29 heavy (non-hydrogen) atoms. The molecule has 1 aromatic heterocycles. The van der Waals surface area contributed by atoms with Gasteiger partial charge in [0, 0.05) is 11.1 Å². The molecule has 0 unspecified atom stereocenters. The monoisotopic (exact) mass is 389 g/mol. The normalized spacial score (nSPS) is 11.4. The maximum atomic E-state index is 13.4. The van der Waals surface area contributed by atoms with Crippen LogP contribution in [0, 0.1) is 5.82 Å². The largest absolute Gasteiger partial charge is 0.497 e. The first-order valence-electron chi connectivity index (χ1n) is 8.77. The Bertz CT molecular complexity index is 1210. The smallest absolute Gasteiger partial charge is 0.325 e. The van der Waals surface area contributed by atoms with Crippen LogP contribution in [0.25, 0.3) is 17.1 Å². The van der Waals surface area contributed by atoms with E-state index < -0.39 is 0 Å². The molecule has 1 heterocycles. The van der Waals surface area contributed by atoms with Crippen LogP contribution in [0.5, 0.6) is 5.75 Å². The molecule has 3 aromatic carbocycles. The van der Waals surface area contributed by atoms with Gasteiger partial charge in [0.25, 0.3) is 0 Å². The van der Waals surface area contributed by atoms with Gasteiger partial charge in [0.1, 0.15) is 11.6 Å². The highest BCUT2D eigenvalue weighted by molar-refractivity contribution is 5.85. The maximum absolute atomic E-state index is 13.4. The number of benzene rings is 3. The molecule has 4 aromatic rings. The number of carbonyl (C=O) groups excluding carboxylic acids is 1. The molecular formula is C22H16FN3O3. The second-order valence-electron chi connectivity index (χ2n) is 6.09. The molecule has 0 radical (unpaired) electrons. The molecule has 0 N–H and O–H groups in total. The molecular weight excluding hydrogens is 373 g/mol. The summed E-state index contributed by atoms with van der Waals surface area (Å²) in [6, 6.07) is 19.9. The molecule has 0 aliphatic rings. The fourth-order valence-electron chi connectivity index (χ4n) is 2.77. The predicted molar refractivity (Wildman–Crippen MR) is 105 cm³/mol. The Balaban J connectivity index is 1.90. The van der Waals surface area contributed by atoms with Gasteiger partial charge in [0.05, 0.1) is 18.5 Å². The lowest BCUT2D eigenvalue weighted by Gasteiger charge is -2.00. The van der Waals surface area contributed by atoms with Crippen LogP contribution in [0.2, 0.25) is 0 Å². The van der Waals surface area contributed by atoms with Crippen LogP contribution in [0.3, 0.4) is 0 Å². The van der Waals surface area contributed by atoms with Gasteiger partial charge < -0.3 is 9.15 Å². The zero-order chi connectivity index (χ0) is 20.2. The number of hydrogen-bond acceptors (Lipinski definition) is 5. The summed E-state index contributed by atoms with van der Waals surface area (Å²) >= 11 is 0. The third kappa shape index (κ3) is 3.84. The van der Waals surface area contributed by atoms with Crippen LogP contribution in [0.4, 0.5) is 10.1 Å². The Morgan fingerprint density at radius 3 is 2.45 bits per heavy atom. The highest BCUT2D eigenvalue weighted by atomic mass is 19.1. The topological polar surface area (TPSA) is 69.6 Å². The van der Waals surface area contributed by atoms with Crippen molar-refractivity contribution in [3.63, 3.8) is 0 Å². The third-order valence-electron chi connectivity index (χ3n) is 4.25. The van der Waals surface area contributed by atoms with Crippen molar-refractivity contribution in [2.75, 3.05) is 7.11 Å². The number of aromatic nitrogens is 2. The van der Waals surface area contributed by atoms with Crippen molar-refractivity contribution in [1.82, 2.24) is 9.78 Å². The third-order valence-corrected chi connectivity index (χ3v) is 4.25. The first-order valence-corrected chi connectivity index (χ1v) is 8.77. The number of carbonyl (C=O) groups is 1. The van der Waals surface area contributed by atoms with Crippen LogP contribution < -0.4 is 10.4 Å². The molecule has 7 heteroatoms. The SMILES string of the molecule is COc1ccc(N=c2oc(-c3ccccc3C=O)nn2-c2ccc(F)cc2)cc1. The molecule has 144 valence electrons. The van der Waals surface area contributed by atoms with Crippen molar-refractivity contribution in [2.45, 2.75) is 0 Å². The van der Waals surface area contributed by atoms with E-state index in [9.17, 15) is 9.18 Å². The van der Waals surface area contributed by atoms with Crippen LogP contribution in [-0.4, -0.2) is 23.2 Å². The van der Waals surface area contributed by atoms with E-state index in [2.05, 4.69) is 10.1 Å². The minimum absolute atomic E-state index is 0.178. The molecule has 0 bridgehead atoms. The average molecular weight is 389 g/mol. The molecule has 6 nitrogen and oxygen atoms in total. The molecule has 0 atom stereocenters. The standard InChI is InChI=1S/C22H16FN3O3/c1-28-19-12-8-17(9-13-19)24-22-26(18-10-6-16(23)7-11-18)25-21(29-22)20-5-3-2-4-15(20)14-27/h2-14H,1H3. The van der Waals surface area contributed by atoms with Crippen molar-refractivity contribution < 1.29 is 18.3 Å². The van der Waals surface area contributed by atoms with Gasteiger partial charge in [-0.15, -0.1) is 5.10 Å². The van der Waals surface area contributed by atoms with Crippen LogP contribution in [0.1, 0.15) is 10.4 Å². The number of methoxy groups -OCH3 is 1. The minimum atomic E-state index is -0.363. The predicted octanol–water partition coefficient (Wildman–Crippen LogP) is 4.32. The van der Waals surface area contributed by atoms with Crippen molar-refractivity contribution >= 4 is 12.0 Å². The summed E-state index contributed by atoms with van der Waals surface area (Å²) in [5, 5.41) is 4.47. The fraction of sp³-hybridized carbons (Fsp3) is 0.0455. The van der Waals surface area contributed by atoms with Crippen molar-refractivity contribution in [3.05, 3.63) is 89.9 Å². The molecule has 0 saturated heterocycles. The van der Waals surface area contributed by atoms with Gasteiger partial charge in [-0.05, 0) is 54.6 Å². The molecule has 0 aliphatic heterocycles. The zero-order valence-corrected chi connectivity index (χ0v) is 15.4. The van der Waals surface area contributed by atoms with E-state index >= 15 is 0 Å². The maximum Gasteiger partial charge on any atom is 0.325 e. The Morgan fingerprint density at radius 2 is 1.76 bits per heavy atom. The molecule has 4 rings (SSSR count). The summed E-state index contributed by atoms with van der Waals surface area (Å²) in [5.74, 6) is 0.566. The van der Waals surface area contributed by atoms with E-state index in [1.165, 1.54) is 16.8 Å². The molecule has 0 saturated carbocycles. The van der Waals surface area contributed by atoms with Crippen LogP contribution in [0.15, 0.2) is 82.2 Å². The summed E-state index contributed by atoms with van der Waals surface area (Å²) in [6.45, 7) is 0. The van der Waals surface area contributed by atoms with E-state index in [0.29, 0.717) is 28.3 Å². The Labute approximate surface area is 165 Å². The van der Waals surface area contributed by atoms with Gasteiger partial charge in [-0.3, -0.25) is 4.79 Å². The number of nitrogens with zero attached hydrogens (tertiary/aromatic N) is 3. The first kappa shape index (κ1) is 18.4. The molecule has 0 amide bonds. The number of halogens is 1. The minimum Gasteiger partial charge on any atom is -0.497 e. The summed E-state index contributed by atoms with van der Waals surface area (Å²) < 4.78 is 25.9. The summed E-state index contributed by atoms with van der Waals surface area (Å²) in [7, 11) is 1.59. The van der Waals surface area contributed by atoms with E-state index in [4.69, 9.17) is 9.15 Å². The quantitative estimate of drug-likeness (QED) is 0.477. The zero-order valence-electron chi connectivity index (χ0n) is 15.4. The lowest BCUT2D eigenvalue weighted by Crippen LogP contribution is -2.15. The lowest BCUT2D eigenvalue weighted by molar-refractivity contribution is 0.112. The van der Waals surface area contributed by atoms with Crippen LogP contribution >= 0.6 is 0 Å². The van der Waals surface area contributed by atoms with Crippen molar-refractivity contribution in [2.24, 2.45) is 4.99 Å². The molecule has 0 aliphatic carbocycles. The summed E-state index contributed by atoms with van der Waals surface area (Å²) in [6.07, 6.45) is 0.738. The fourth-order valence-corrected chi connectivity index (χ4v) is 2.77. The second-order valence-corrected chi connectivity index (χ2v) is 6.09. The number of rotatable bonds is 5. The number of aldehydes is 1. The second kappa shape index (κ2) is 7.93. The van der Waals surface area contributed by atoms with Crippen molar-refractivity contribution in [1.29, 1.82) is 0 Å². The Hall–Kier alpha value is -4.00. The molecule has 0 fully saturated rings. The summed E-state index contributed by atoms with van der Waals surface area (Å²) in [4.78, 5) is 15.9. The van der Waals surface area contributed by atoms with E-state index in [1.54, 1.807) is 67.8 Å². The summed E-state index contributed by atoms with van der Waals surface area (Å²) in [5.41, 5.74) is 2.34. The van der Waals surface area contributed by atoms with Crippen molar-refractivity contribution in [3.8, 4) is 22.9 Å². The van der Waals surface area contributed by atoms with Crippen LogP contribution in [-0.2, 0) is 0 Å². The van der Waals surface area contributed by atoms with Gasteiger partial charge in [0.15, 0.2) is 6.29 Å². The van der Waals surface area contributed by atoms with Gasteiger partial charge in [-0.25, -0.2) is 4.39 Å². The average Bonchev–Trinajstić information content (AvgIpc) is 3.18. The lowest BCUT2D eigenvalue weighted by atomic mass is 10.1. The number of hydrogen-bond donors (Lipinski definition) is 0. The highest BCUT2D eigenvalue weighted by Crippen LogP contribution is 2.21. The number of ether oxygens (including phenoxy) is 1. The van der Waals surface area contributed by atoms with Gasteiger partial charge in [0.2, 0.25) is 5.89 Å². The molecule has 0 spiro atoms. The first-order chi connectivity index (χ1) is 14.2. The van der Waals surface area contributed by atoms with Gasteiger partial charge in [-0.2, -0.15) is 9.67 Å². The Kier molecular flexibility index (Phi) is 5.03. The Morgan fingerprint density at radius 1 is 1.03 bits per heavy atom. The van der Waals surface area contributed by atoms with E-state index in [-0.39, 0.29) is 17.4 Å². The van der Waals surface area contributed by atoms with Gasteiger partial charge >= 0.3 is 5.68 Å². The van der Waals surface area contributed by atoms with E-state index in [0.717, 1.165) is 6.29 Å². The highest BCUT2D eigenvalue weighted by Gasteiger charge is 2.14. The van der Waals surface area contributed by atoms with Gasteiger partial charge in [-0.1, -0.05) is 18.2 Å².